The van der Waals surface area contributed by atoms with Crippen molar-refractivity contribution in [3.05, 3.63) is 12.0 Å². The van der Waals surface area contributed by atoms with E-state index in [0.717, 1.165) is 5.76 Å². The number of hydrogen-bond acceptors (Lipinski definition) is 4. The fourth-order valence-electron chi connectivity index (χ4n) is 1.01. The molecule has 1 saturated heterocycles. The van der Waals surface area contributed by atoms with Crippen molar-refractivity contribution in [2.45, 2.75) is 6.04 Å². The lowest BCUT2D eigenvalue weighted by Crippen LogP contribution is -2.27. The molecule has 1 N–H and O–H groups in total. The van der Waals surface area contributed by atoms with Gasteiger partial charge in [-0.05, 0) is 0 Å². The van der Waals surface area contributed by atoms with Crippen LogP contribution in [0.25, 0.3) is 0 Å². The largest absolute Gasteiger partial charge is 0.478 e. The third-order valence-electron chi connectivity index (χ3n) is 1.55. The average molecular weight is 143 g/mol. The Morgan fingerprint density at radius 2 is 2.60 bits per heavy atom. The first kappa shape index (κ1) is 6.00. The van der Waals surface area contributed by atoms with Crippen LogP contribution in [-0.2, 0) is 14.2 Å². The number of fused-ring (bicyclic) bond motifs is 1. The summed E-state index contributed by atoms with van der Waals surface area (Å²) in [5, 5.41) is 3.10. The molecule has 0 saturated carbocycles. The van der Waals surface area contributed by atoms with Crippen molar-refractivity contribution >= 4 is 0 Å². The smallest absolute Gasteiger partial charge is 0.188 e. The predicted molar refractivity (Wildman–Crippen MR) is 32.9 cm³/mol. The van der Waals surface area contributed by atoms with Gasteiger partial charge < -0.3 is 14.2 Å². The van der Waals surface area contributed by atoms with Crippen molar-refractivity contribution in [2.24, 2.45) is 0 Å². The van der Waals surface area contributed by atoms with E-state index in [2.05, 4.69) is 5.32 Å². The second-order valence-corrected chi connectivity index (χ2v) is 2.22. The molecule has 56 valence electrons. The number of ether oxygens (including phenoxy) is 3. The Labute approximate surface area is 58.8 Å². The summed E-state index contributed by atoms with van der Waals surface area (Å²) in [6.07, 6.45) is 1.61. The fraction of sp³-hybridized carbons (Fsp3) is 0.667. The van der Waals surface area contributed by atoms with Crippen LogP contribution in [0.5, 0.6) is 0 Å². The van der Waals surface area contributed by atoms with Gasteiger partial charge in [0.05, 0.1) is 12.6 Å². The molecule has 2 aliphatic heterocycles. The lowest BCUT2D eigenvalue weighted by Gasteiger charge is -2.03. The molecule has 1 fully saturated rings. The summed E-state index contributed by atoms with van der Waals surface area (Å²) in [7, 11) is 0. The Kier molecular flexibility index (Phi) is 1.49. The summed E-state index contributed by atoms with van der Waals surface area (Å²) in [4.78, 5) is 0. The molecule has 1 unspecified atom stereocenters. The van der Waals surface area contributed by atoms with Gasteiger partial charge >= 0.3 is 0 Å². The highest BCUT2D eigenvalue weighted by molar-refractivity contribution is 5.04. The van der Waals surface area contributed by atoms with Gasteiger partial charge in [0.25, 0.3) is 0 Å². The molecule has 0 aromatic rings. The van der Waals surface area contributed by atoms with Crippen molar-refractivity contribution in [2.75, 3.05) is 20.1 Å². The zero-order valence-electron chi connectivity index (χ0n) is 5.50. The minimum absolute atomic E-state index is 0.197. The molecule has 2 rings (SSSR count). The SMILES string of the molecule is C1=C2OCNC2COCO1. The Hall–Kier alpha value is -0.740. The van der Waals surface area contributed by atoms with Gasteiger partial charge in [0.1, 0.15) is 13.0 Å². The lowest BCUT2D eigenvalue weighted by atomic mass is 10.3. The zero-order valence-corrected chi connectivity index (χ0v) is 5.50. The van der Waals surface area contributed by atoms with E-state index >= 15 is 0 Å². The minimum Gasteiger partial charge on any atom is -0.478 e. The van der Waals surface area contributed by atoms with Crippen molar-refractivity contribution in [3.63, 3.8) is 0 Å². The molecular weight excluding hydrogens is 134 g/mol. The predicted octanol–water partition coefficient (Wildman–Crippen LogP) is -0.222. The van der Waals surface area contributed by atoms with Gasteiger partial charge in [-0.3, -0.25) is 5.32 Å². The van der Waals surface area contributed by atoms with E-state index in [9.17, 15) is 0 Å². The summed E-state index contributed by atoms with van der Waals surface area (Å²) in [6, 6.07) is 0.197. The van der Waals surface area contributed by atoms with Crippen LogP contribution in [0.15, 0.2) is 12.0 Å². The molecule has 4 nitrogen and oxygen atoms in total. The molecule has 2 aliphatic rings. The van der Waals surface area contributed by atoms with Crippen LogP contribution in [-0.4, -0.2) is 26.2 Å². The zero-order chi connectivity index (χ0) is 6.81. The van der Waals surface area contributed by atoms with Crippen molar-refractivity contribution in [1.29, 1.82) is 0 Å². The Morgan fingerprint density at radius 3 is 3.60 bits per heavy atom. The average Bonchev–Trinajstić information content (AvgIpc) is 2.28. The van der Waals surface area contributed by atoms with Crippen LogP contribution in [0.4, 0.5) is 0 Å². The highest BCUT2D eigenvalue weighted by Gasteiger charge is 2.23. The number of nitrogens with one attached hydrogen (secondary N) is 1. The lowest BCUT2D eigenvalue weighted by molar-refractivity contribution is -0.00703. The summed E-state index contributed by atoms with van der Waals surface area (Å²) in [5.41, 5.74) is 0. The summed E-state index contributed by atoms with van der Waals surface area (Å²) >= 11 is 0. The van der Waals surface area contributed by atoms with Gasteiger partial charge in [0.15, 0.2) is 12.6 Å². The molecule has 0 amide bonds. The minimum atomic E-state index is 0.197. The first-order chi connectivity index (χ1) is 4.97. The highest BCUT2D eigenvalue weighted by atomic mass is 16.7. The van der Waals surface area contributed by atoms with E-state index in [1.54, 1.807) is 6.26 Å². The molecule has 0 spiro atoms. The third kappa shape index (κ3) is 0.955. The van der Waals surface area contributed by atoms with Crippen molar-refractivity contribution in [1.82, 2.24) is 5.32 Å². The van der Waals surface area contributed by atoms with Crippen LogP contribution in [0.2, 0.25) is 0 Å². The maximum Gasteiger partial charge on any atom is 0.188 e. The molecule has 1 atom stereocenters. The third-order valence-corrected chi connectivity index (χ3v) is 1.55. The molecule has 10 heavy (non-hydrogen) atoms. The van der Waals surface area contributed by atoms with Gasteiger partial charge in [-0.25, -0.2) is 0 Å². The van der Waals surface area contributed by atoms with E-state index in [1.165, 1.54) is 0 Å². The van der Waals surface area contributed by atoms with Crippen LogP contribution >= 0.6 is 0 Å². The van der Waals surface area contributed by atoms with E-state index in [1.807, 2.05) is 0 Å². The van der Waals surface area contributed by atoms with Gasteiger partial charge in [0, 0.05) is 0 Å². The van der Waals surface area contributed by atoms with E-state index in [4.69, 9.17) is 14.2 Å². The molecule has 2 heterocycles. The molecule has 0 aromatic carbocycles. The van der Waals surface area contributed by atoms with Crippen LogP contribution in [0.3, 0.4) is 0 Å². The van der Waals surface area contributed by atoms with Crippen molar-refractivity contribution in [3.8, 4) is 0 Å². The van der Waals surface area contributed by atoms with E-state index < -0.39 is 0 Å². The molecular formula is C6H9NO3. The van der Waals surface area contributed by atoms with Crippen LogP contribution in [0.1, 0.15) is 0 Å². The van der Waals surface area contributed by atoms with Crippen LogP contribution < -0.4 is 5.32 Å². The van der Waals surface area contributed by atoms with Gasteiger partial charge in [0.2, 0.25) is 0 Å². The molecule has 0 aromatic heterocycles. The Balaban J connectivity index is 2.10. The Bertz CT molecular complexity index is 157. The second-order valence-electron chi connectivity index (χ2n) is 2.22. The van der Waals surface area contributed by atoms with Crippen molar-refractivity contribution < 1.29 is 14.2 Å². The second kappa shape index (κ2) is 2.48. The maximum atomic E-state index is 5.18. The summed E-state index contributed by atoms with van der Waals surface area (Å²) in [6.45, 7) is 1.51. The van der Waals surface area contributed by atoms with Gasteiger partial charge in [-0.15, -0.1) is 0 Å². The monoisotopic (exact) mass is 143 g/mol. The normalized spacial score (nSPS) is 31.2. The summed E-state index contributed by atoms with van der Waals surface area (Å²) in [5.74, 6) is 0.845. The molecule has 0 aliphatic carbocycles. The quantitative estimate of drug-likeness (QED) is 0.509. The fourth-order valence-corrected chi connectivity index (χ4v) is 1.01. The summed E-state index contributed by atoms with van der Waals surface area (Å²) < 4.78 is 15.2. The first-order valence-electron chi connectivity index (χ1n) is 3.22. The first-order valence-corrected chi connectivity index (χ1v) is 3.22. The molecule has 4 heteroatoms. The standard InChI is InChI=1S/C6H9NO3/c1-5-6(10-3-7-5)2-9-4-8-1/h2,5,7H,1,3-4H2. The van der Waals surface area contributed by atoms with Gasteiger partial charge in [-0.1, -0.05) is 0 Å². The van der Waals surface area contributed by atoms with Gasteiger partial charge in [-0.2, -0.15) is 0 Å². The highest BCUT2D eigenvalue weighted by Crippen LogP contribution is 2.13. The molecule has 0 bridgehead atoms. The number of rotatable bonds is 0. The van der Waals surface area contributed by atoms with E-state index in [0.29, 0.717) is 20.1 Å². The topological polar surface area (TPSA) is 39.7 Å². The van der Waals surface area contributed by atoms with Crippen LogP contribution in [0, 0.1) is 0 Å². The Morgan fingerprint density at radius 1 is 1.60 bits per heavy atom. The maximum absolute atomic E-state index is 5.18. The van der Waals surface area contributed by atoms with E-state index in [-0.39, 0.29) is 6.04 Å². The number of hydrogen-bond donors (Lipinski definition) is 1. The molecule has 0 radical (unpaired) electrons.